The van der Waals surface area contributed by atoms with Gasteiger partial charge in [-0.2, -0.15) is 0 Å². The van der Waals surface area contributed by atoms with E-state index in [4.69, 9.17) is 0 Å². The summed E-state index contributed by atoms with van der Waals surface area (Å²) < 4.78 is 4.56. The van der Waals surface area contributed by atoms with Gasteiger partial charge in [0.05, 0.1) is 19.1 Å². The predicted octanol–water partition coefficient (Wildman–Crippen LogP) is 1.23. The van der Waals surface area contributed by atoms with Gasteiger partial charge >= 0.3 is 5.97 Å². The maximum absolute atomic E-state index is 11.2. The Morgan fingerprint density at radius 3 is 2.67 bits per heavy atom. The van der Waals surface area contributed by atoms with Crippen LogP contribution in [0.25, 0.3) is 0 Å². The number of carbonyl (C=O) groups excluding carboxylic acids is 1. The Balaban J connectivity index is 2.80. The molecule has 0 spiro atoms. The van der Waals surface area contributed by atoms with Gasteiger partial charge in [0.1, 0.15) is 0 Å². The summed E-state index contributed by atoms with van der Waals surface area (Å²) in [5.74, 6) is -1.01. The third-order valence-electron chi connectivity index (χ3n) is 2.32. The van der Waals surface area contributed by atoms with E-state index in [2.05, 4.69) is 9.72 Å². The molecule has 0 bridgehead atoms. The molecule has 1 rings (SSSR count). The van der Waals surface area contributed by atoms with Crippen LogP contribution in [0, 0.1) is 12.8 Å². The average molecular weight is 209 g/mol. The summed E-state index contributed by atoms with van der Waals surface area (Å²) in [6.07, 6.45) is 0.699. The minimum Gasteiger partial charge on any atom is -0.469 e. The zero-order chi connectivity index (χ0) is 11.4. The third kappa shape index (κ3) is 2.76. The van der Waals surface area contributed by atoms with Crippen LogP contribution >= 0.6 is 0 Å². The molecule has 1 aromatic rings. The van der Waals surface area contributed by atoms with E-state index in [1.807, 2.05) is 6.92 Å². The number of ether oxygens (including phenoxy) is 1. The topological polar surface area (TPSA) is 59.4 Å². The molecule has 2 atom stereocenters. The molecule has 1 N–H and O–H groups in total. The van der Waals surface area contributed by atoms with Crippen molar-refractivity contribution in [3.63, 3.8) is 0 Å². The molecule has 2 unspecified atom stereocenters. The number of rotatable bonds is 3. The summed E-state index contributed by atoms with van der Waals surface area (Å²) in [7, 11) is 1.30. The maximum atomic E-state index is 11.2. The van der Waals surface area contributed by atoms with Gasteiger partial charge in [-0.15, -0.1) is 0 Å². The lowest BCUT2D eigenvalue weighted by molar-refractivity contribution is -0.148. The van der Waals surface area contributed by atoms with Crippen LogP contribution < -0.4 is 0 Å². The molecule has 0 saturated heterocycles. The van der Waals surface area contributed by atoms with Gasteiger partial charge in [0.2, 0.25) is 0 Å². The molecule has 4 nitrogen and oxygen atoms in total. The van der Waals surface area contributed by atoms with Gasteiger partial charge in [-0.1, -0.05) is 6.07 Å². The van der Waals surface area contributed by atoms with Crippen LogP contribution in [0.15, 0.2) is 18.3 Å². The van der Waals surface area contributed by atoms with Gasteiger partial charge in [-0.05, 0) is 25.5 Å². The van der Waals surface area contributed by atoms with Crippen LogP contribution in [0.4, 0.5) is 0 Å². The number of esters is 1. The number of methoxy groups -OCH3 is 1. The third-order valence-corrected chi connectivity index (χ3v) is 2.32. The van der Waals surface area contributed by atoms with E-state index in [0.717, 1.165) is 5.69 Å². The van der Waals surface area contributed by atoms with Crippen molar-refractivity contribution in [1.29, 1.82) is 0 Å². The normalized spacial score (nSPS) is 14.4. The second-order valence-electron chi connectivity index (χ2n) is 3.49. The van der Waals surface area contributed by atoms with Crippen molar-refractivity contribution in [2.45, 2.75) is 20.0 Å². The van der Waals surface area contributed by atoms with Crippen molar-refractivity contribution in [3.8, 4) is 0 Å². The molecule has 0 aliphatic carbocycles. The molecule has 0 aliphatic rings. The summed E-state index contributed by atoms with van der Waals surface area (Å²) in [5, 5.41) is 9.84. The van der Waals surface area contributed by atoms with Gasteiger partial charge in [0.25, 0.3) is 0 Å². The van der Waals surface area contributed by atoms with Crippen LogP contribution in [-0.2, 0) is 9.53 Å². The lowest BCUT2D eigenvalue weighted by atomic mass is 9.99. The van der Waals surface area contributed by atoms with Crippen molar-refractivity contribution >= 4 is 5.97 Å². The summed E-state index contributed by atoms with van der Waals surface area (Å²) in [6, 6.07) is 3.55. The smallest absolute Gasteiger partial charge is 0.311 e. The minimum atomic E-state index is -0.870. The van der Waals surface area contributed by atoms with Crippen molar-refractivity contribution in [2.75, 3.05) is 7.11 Å². The molecule has 4 heteroatoms. The van der Waals surface area contributed by atoms with E-state index in [-0.39, 0.29) is 0 Å². The lowest BCUT2D eigenvalue weighted by Crippen LogP contribution is -2.20. The zero-order valence-corrected chi connectivity index (χ0v) is 9.10. The number of aliphatic hydroxyl groups excluding tert-OH is 1. The second-order valence-corrected chi connectivity index (χ2v) is 3.49. The Hall–Kier alpha value is -1.42. The van der Waals surface area contributed by atoms with Crippen LogP contribution in [-0.4, -0.2) is 23.2 Å². The van der Waals surface area contributed by atoms with E-state index >= 15 is 0 Å². The highest BCUT2D eigenvalue weighted by Gasteiger charge is 2.24. The van der Waals surface area contributed by atoms with Gasteiger partial charge < -0.3 is 9.84 Å². The lowest BCUT2D eigenvalue weighted by Gasteiger charge is -2.16. The number of carbonyl (C=O) groups is 1. The van der Waals surface area contributed by atoms with Crippen LogP contribution in [0.3, 0.4) is 0 Å². The average Bonchev–Trinajstić information content (AvgIpc) is 2.27. The van der Waals surface area contributed by atoms with Crippen molar-refractivity contribution < 1.29 is 14.6 Å². The van der Waals surface area contributed by atoms with Gasteiger partial charge in [0, 0.05) is 11.9 Å². The Bertz CT molecular complexity index is 334. The number of hydrogen-bond acceptors (Lipinski definition) is 4. The Morgan fingerprint density at radius 2 is 2.20 bits per heavy atom. The molecule has 0 radical (unpaired) electrons. The van der Waals surface area contributed by atoms with Crippen molar-refractivity contribution in [2.24, 2.45) is 5.92 Å². The first kappa shape index (κ1) is 11.7. The number of pyridine rings is 1. The zero-order valence-electron chi connectivity index (χ0n) is 9.10. The van der Waals surface area contributed by atoms with E-state index in [9.17, 15) is 9.90 Å². The SMILES string of the molecule is COC(=O)C(C)C(O)c1ccc(C)nc1. The molecule has 0 aromatic carbocycles. The molecule has 0 amide bonds. The maximum Gasteiger partial charge on any atom is 0.311 e. The fourth-order valence-electron chi connectivity index (χ4n) is 1.26. The number of aromatic nitrogens is 1. The molecule has 0 fully saturated rings. The Morgan fingerprint density at radius 1 is 1.53 bits per heavy atom. The quantitative estimate of drug-likeness (QED) is 0.761. The molecular formula is C11H15NO3. The van der Waals surface area contributed by atoms with Crippen molar-refractivity contribution in [3.05, 3.63) is 29.6 Å². The molecule has 0 saturated carbocycles. The highest BCUT2D eigenvalue weighted by molar-refractivity contribution is 5.72. The van der Waals surface area contributed by atoms with E-state index in [1.54, 1.807) is 25.3 Å². The molecule has 15 heavy (non-hydrogen) atoms. The Labute approximate surface area is 88.9 Å². The molecular weight excluding hydrogens is 194 g/mol. The van der Waals surface area contributed by atoms with Gasteiger partial charge in [0.15, 0.2) is 0 Å². The fourth-order valence-corrected chi connectivity index (χ4v) is 1.26. The molecule has 1 aromatic heterocycles. The molecule has 82 valence electrons. The minimum absolute atomic E-state index is 0.428. The number of aryl methyl sites for hydroxylation is 1. The van der Waals surface area contributed by atoms with Crippen molar-refractivity contribution in [1.82, 2.24) is 4.98 Å². The van der Waals surface area contributed by atoms with Crippen LogP contribution in [0.5, 0.6) is 0 Å². The second kappa shape index (κ2) is 4.89. The predicted molar refractivity (Wildman–Crippen MR) is 55.1 cm³/mol. The highest BCUT2D eigenvalue weighted by Crippen LogP contribution is 2.21. The monoisotopic (exact) mass is 209 g/mol. The largest absolute Gasteiger partial charge is 0.469 e. The first-order valence-electron chi connectivity index (χ1n) is 4.74. The number of nitrogens with zero attached hydrogens (tertiary/aromatic N) is 1. The highest BCUT2D eigenvalue weighted by atomic mass is 16.5. The van der Waals surface area contributed by atoms with Gasteiger partial charge in [-0.25, -0.2) is 0 Å². The summed E-state index contributed by atoms with van der Waals surface area (Å²) in [4.78, 5) is 15.2. The van der Waals surface area contributed by atoms with Gasteiger partial charge in [-0.3, -0.25) is 9.78 Å². The number of hydrogen-bond donors (Lipinski definition) is 1. The first-order valence-corrected chi connectivity index (χ1v) is 4.74. The number of aliphatic hydroxyl groups is 1. The Kier molecular flexibility index (Phi) is 3.80. The molecule has 0 aliphatic heterocycles. The van der Waals surface area contributed by atoms with Crippen LogP contribution in [0.2, 0.25) is 0 Å². The molecule has 1 heterocycles. The summed E-state index contributed by atoms with van der Waals surface area (Å²) in [5.41, 5.74) is 1.50. The summed E-state index contributed by atoms with van der Waals surface area (Å²) >= 11 is 0. The van der Waals surface area contributed by atoms with E-state index < -0.39 is 18.0 Å². The van der Waals surface area contributed by atoms with E-state index in [1.165, 1.54) is 7.11 Å². The fraction of sp³-hybridized carbons (Fsp3) is 0.455. The standard InChI is InChI=1S/C11H15NO3/c1-7-4-5-9(6-12-7)10(13)8(2)11(14)15-3/h4-6,8,10,13H,1-3H3. The van der Waals surface area contributed by atoms with E-state index in [0.29, 0.717) is 5.56 Å². The summed E-state index contributed by atoms with van der Waals surface area (Å²) in [6.45, 7) is 3.48. The first-order chi connectivity index (χ1) is 7.06. The van der Waals surface area contributed by atoms with Crippen LogP contribution in [0.1, 0.15) is 24.3 Å².